The molecule has 0 bridgehead atoms. The molecule has 1 heterocycles. The normalized spacial score (nSPS) is 11.8. The van der Waals surface area contributed by atoms with Gasteiger partial charge in [0.15, 0.2) is 0 Å². The van der Waals surface area contributed by atoms with E-state index in [1.807, 2.05) is 0 Å². The summed E-state index contributed by atoms with van der Waals surface area (Å²) in [5.41, 5.74) is -2.70. The van der Waals surface area contributed by atoms with Crippen LogP contribution in [0.3, 0.4) is 0 Å². The van der Waals surface area contributed by atoms with Gasteiger partial charge in [0.25, 0.3) is 0 Å². The van der Waals surface area contributed by atoms with Gasteiger partial charge in [0.2, 0.25) is 5.69 Å². The molecule has 0 radical (unpaired) electrons. The van der Waals surface area contributed by atoms with Crippen LogP contribution in [-0.4, -0.2) is 26.4 Å². The maximum absolute atomic E-state index is 12.5. The van der Waals surface area contributed by atoms with Crippen LogP contribution in [0.1, 0.15) is 17.8 Å². The second kappa shape index (κ2) is 4.70. The summed E-state index contributed by atoms with van der Waals surface area (Å²) in [6, 6.07) is 0. The van der Waals surface area contributed by atoms with E-state index in [9.17, 15) is 23.3 Å². The van der Waals surface area contributed by atoms with E-state index in [-0.39, 0.29) is 25.3 Å². The minimum atomic E-state index is -4.86. The molecule has 1 rings (SSSR count). The number of hydrogen-bond acceptors (Lipinski definition) is 4. The first-order valence-electron chi connectivity index (χ1n) is 4.69. The summed E-state index contributed by atoms with van der Waals surface area (Å²) < 4.78 is 38.4. The van der Waals surface area contributed by atoms with Gasteiger partial charge >= 0.3 is 11.9 Å². The van der Waals surface area contributed by atoms with Crippen molar-refractivity contribution in [2.24, 2.45) is 0 Å². The molecular weight excluding hydrogens is 243 g/mol. The Kier molecular flexibility index (Phi) is 3.71. The number of alkyl halides is 3. The molecular formula is C8H10F3N3O3. The topological polar surface area (TPSA) is 81.2 Å². The van der Waals surface area contributed by atoms with Crippen molar-refractivity contribution in [3.05, 3.63) is 21.5 Å². The Morgan fingerprint density at radius 2 is 2.12 bits per heavy atom. The van der Waals surface area contributed by atoms with Crippen molar-refractivity contribution < 1.29 is 23.2 Å². The van der Waals surface area contributed by atoms with E-state index in [4.69, 9.17) is 5.11 Å². The zero-order valence-electron chi connectivity index (χ0n) is 8.86. The van der Waals surface area contributed by atoms with E-state index in [1.165, 1.54) is 6.92 Å². The molecule has 0 aliphatic heterocycles. The third-order valence-electron chi connectivity index (χ3n) is 2.15. The molecule has 1 aromatic heterocycles. The third kappa shape index (κ3) is 2.73. The Balaban J connectivity index is 3.25. The fourth-order valence-corrected chi connectivity index (χ4v) is 1.38. The van der Waals surface area contributed by atoms with Crippen molar-refractivity contribution in [1.82, 2.24) is 9.78 Å². The smallest absolute Gasteiger partial charge is 0.396 e. The molecule has 0 saturated heterocycles. The minimum absolute atomic E-state index is 0.000741. The third-order valence-corrected chi connectivity index (χ3v) is 2.15. The number of nitrogens with zero attached hydrogens (tertiary/aromatic N) is 3. The number of aliphatic hydroxyl groups excluding tert-OH is 1. The summed E-state index contributed by atoms with van der Waals surface area (Å²) >= 11 is 0. The van der Waals surface area contributed by atoms with Crippen LogP contribution in [0, 0.1) is 17.0 Å². The van der Waals surface area contributed by atoms with Gasteiger partial charge in [-0.2, -0.15) is 18.3 Å². The second-order valence-electron chi connectivity index (χ2n) is 3.34. The lowest BCUT2D eigenvalue weighted by Gasteiger charge is -2.01. The maximum atomic E-state index is 12.5. The Bertz CT molecular complexity index is 428. The average molecular weight is 253 g/mol. The summed E-state index contributed by atoms with van der Waals surface area (Å²) in [6.07, 6.45) is -4.69. The molecule has 6 nitrogen and oxygen atoms in total. The van der Waals surface area contributed by atoms with Gasteiger partial charge in [-0.15, -0.1) is 0 Å². The first-order valence-corrected chi connectivity index (χ1v) is 4.69. The minimum Gasteiger partial charge on any atom is -0.396 e. The van der Waals surface area contributed by atoms with Crippen molar-refractivity contribution in [3.8, 4) is 0 Å². The number of rotatable bonds is 4. The van der Waals surface area contributed by atoms with Gasteiger partial charge < -0.3 is 5.11 Å². The number of aliphatic hydroxyl groups is 1. The highest BCUT2D eigenvalue weighted by Crippen LogP contribution is 2.36. The molecule has 0 aromatic carbocycles. The highest BCUT2D eigenvalue weighted by molar-refractivity contribution is 5.42. The molecule has 9 heteroatoms. The molecule has 0 unspecified atom stereocenters. The Labute approximate surface area is 93.8 Å². The van der Waals surface area contributed by atoms with Gasteiger partial charge in [-0.3, -0.25) is 14.8 Å². The number of aryl methyl sites for hydroxylation is 1. The largest absolute Gasteiger partial charge is 0.442 e. The van der Waals surface area contributed by atoms with E-state index in [1.54, 1.807) is 0 Å². The first kappa shape index (κ1) is 13.4. The van der Waals surface area contributed by atoms with Gasteiger partial charge in [-0.1, -0.05) is 0 Å². The van der Waals surface area contributed by atoms with E-state index < -0.39 is 22.5 Å². The van der Waals surface area contributed by atoms with Gasteiger partial charge in [0.1, 0.15) is 5.69 Å². The number of hydrogen-bond donors (Lipinski definition) is 1. The zero-order chi connectivity index (χ0) is 13.2. The van der Waals surface area contributed by atoms with E-state index in [0.717, 1.165) is 4.68 Å². The van der Waals surface area contributed by atoms with Crippen LogP contribution >= 0.6 is 0 Å². The highest BCUT2D eigenvalue weighted by Gasteiger charge is 2.44. The quantitative estimate of drug-likeness (QED) is 0.651. The van der Waals surface area contributed by atoms with Crippen molar-refractivity contribution in [2.75, 3.05) is 6.61 Å². The van der Waals surface area contributed by atoms with Gasteiger partial charge in [-0.05, 0) is 13.3 Å². The van der Waals surface area contributed by atoms with Crippen molar-refractivity contribution in [1.29, 1.82) is 0 Å². The molecule has 0 spiro atoms. The highest BCUT2D eigenvalue weighted by atomic mass is 19.4. The summed E-state index contributed by atoms with van der Waals surface area (Å²) in [6.45, 7) is 0.964. The van der Waals surface area contributed by atoms with Crippen LogP contribution in [-0.2, 0) is 12.7 Å². The molecule has 0 saturated carbocycles. The first-order chi connectivity index (χ1) is 7.79. The molecule has 0 atom stereocenters. The fraction of sp³-hybridized carbons (Fsp3) is 0.625. The summed E-state index contributed by atoms with van der Waals surface area (Å²) in [7, 11) is 0. The summed E-state index contributed by atoms with van der Waals surface area (Å²) in [4.78, 5) is 9.48. The van der Waals surface area contributed by atoms with E-state index in [0.29, 0.717) is 0 Å². The predicted molar refractivity (Wildman–Crippen MR) is 50.3 cm³/mol. The summed E-state index contributed by atoms with van der Waals surface area (Å²) in [5, 5.41) is 22.3. The van der Waals surface area contributed by atoms with E-state index in [2.05, 4.69) is 5.10 Å². The average Bonchev–Trinajstić information content (AvgIpc) is 2.52. The van der Waals surface area contributed by atoms with Crippen molar-refractivity contribution in [3.63, 3.8) is 0 Å². The SMILES string of the molecule is Cc1c([N+](=O)[O-])c(C(F)(F)F)nn1CCCO. The monoisotopic (exact) mass is 253 g/mol. The van der Waals surface area contributed by atoms with Crippen molar-refractivity contribution in [2.45, 2.75) is 26.1 Å². The predicted octanol–water partition coefficient (Wildman–Crippen LogP) is 1.50. The van der Waals surface area contributed by atoms with Crippen LogP contribution in [0.15, 0.2) is 0 Å². The van der Waals surface area contributed by atoms with Crippen LogP contribution in [0.2, 0.25) is 0 Å². The Hall–Kier alpha value is -1.64. The molecule has 0 fully saturated rings. The molecule has 1 N–H and O–H groups in total. The van der Waals surface area contributed by atoms with E-state index >= 15 is 0 Å². The van der Waals surface area contributed by atoms with Gasteiger partial charge in [0, 0.05) is 13.2 Å². The van der Waals surface area contributed by atoms with Crippen LogP contribution in [0.25, 0.3) is 0 Å². The Morgan fingerprint density at radius 3 is 2.47 bits per heavy atom. The fourth-order valence-electron chi connectivity index (χ4n) is 1.38. The second-order valence-corrected chi connectivity index (χ2v) is 3.34. The maximum Gasteiger partial charge on any atom is 0.442 e. The lowest BCUT2D eigenvalue weighted by molar-refractivity contribution is -0.388. The lowest BCUT2D eigenvalue weighted by atomic mass is 10.3. The molecule has 0 aliphatic carbocycles. The number of halogens is 3. The van der Waals surface area contributed by atoms with Gasteiger partial charge in [-0.25, -0.2) is 0 Å². The molecule has 0 amide bonds. The molecule has 96 valence electrons. The molecule has 0 aliphatic rings. The van der Waals surface area contributed by atoms with Crippen molar-refractivity contribution >= 4 is 5.69 Å². The lowest BCUT2D eigenvalue weighted by Crippen LogP contribution is -2.10. The Morgan fingerprint density at radius 1 is 1.53 bits per heavy atom. The van der Waals surface area contributed by atoms with Crippen LogP contribution < -0.4 is 0 Å². The number of aromatic nitrogens is 2. The van der Waals surface area contributed by atoms with Crippen LogP contribution in [0.5, 0.6) is 0 Å². The summed E-state index contributed by atoms with van der Waals surface area (Å²) in [5.74, 6) is 0. The zero-order valence-corrected chi connectivity index (χ0v) is 8.86. The standard InChI is InChI=1S/C8H10F3N3O3/c1-5-6(14(16)17)7(8(9,10)11)12-13(5)3-2-4-15/h15H,2-4H2,1H3. The van der Waals surface area contributed by atoms with Gasteiger partial charge in [0.05, 0.1) is 4.92 Å². The van der Waals surface area contributed by atoms with Crippen LogP contribution in [0.4, 0.5) is 18.9 Å². The molecule has 1 aromatic rings. The number of nitro groups is 1. The molecule has 17 heavy (non-hydrogen) atoms.